The second-order valence-electron chi connectivity index (χ2n) is 18.3. The van der Waals surface area contributed by atoms with Crippen molar-refractivity contribution in [3.63, 3.8) is 0 Å². The zero-order chi connectivity index (χ0) is 45.5. The Morgan fingerprint density at radius 1 is 0.909 bits per heavy atom. The first-order chi connectivity index (χ1) is 32.4. The van der Waals surface area contributed by atoms with Gasteiger partial charge < -0.3 is 53.7 Å². The van der Waals surface area contributed by atoms with Gasteiger partial charge in [-0.2, -0.15) is 0 Å². The average Bonchev–Trinajstić information content (AvgIpc) is 4.09. The number of hydrogen-bond acceptors (Lipinski definition) is 12. The lowest BCUT2D eigenvalue weighted by Crippen LogP contribution is -2.70. The summed E-state index contributed by atoms with van der Waals surface area (Å²) in [5.74, 6) is -0.179. The molecule has 6 aliphatic rings. The Kier molecular flexibility index (Phi) is 14.6. The molecule has 3 aliphatic carbocycles. The van der Waals surface area contributed by atoms with E-state index in [-0.39, 0.29) is 69.2 Å². The fourth-order valence-corrected chi connectivity index (χ4v) is 10.7. The van der Waals surface area contributed by atoms with E-state index in [9.17, 15) is 15.0 Å². The largest absolute Gasteiger partial charge is 0.459 e. The fraction of sp³-hybridized carbons (Fsp3) is 0.519. The molecule has 2 amide bonds. The highest BCUT2D eigenvalue weighted by molar-refractivity contribution is 6.03. The van der Waals surface area contributed by atoms with Gasteiger partial charge in [0.15, 0.2) is 11.5 Å². The van der Waals surface area contributed by atoms with E-state index in [1.54, 1.807) is 12.1 Å². The third-order valence-corrected chi connectivity index (χ3v) is 13.9. The molecule has 0 aromatic heterocycles. The molecule has 0 bridgehead atoms. The molecule has 2 saturated carbocycles. The van der Waals surface area contributed by atoms with Gasteiger partial charge in [0.05, 0.1) is 24.8 Å². The highest BCUT2D eigenvalue weighted by Gasteiger charge is 2.66. The van der Waals surface area contributed by atoms with E-state index in [1.807, 2.05) is 65.6 Å². The maximum Gasteiger partial charge on any atom is 0.412 e. The number of unbranched alkanes of at least 4 members (excludes halogenated alkanes) is 2. The Hall–Kier alpha value is -5.41. The molecule has 14 nitrogen and oxygen atoms in total. The predicted octanol–water partition coefficient (Wildman–Crippen LogP) is 8.30. The monoisotopic (exact) mass is 905 g/mol. The predicted molar refractivity (Wildman–Crippen MR) is 245 cm³/mol. The lowest BCUT2D eigenvalue weighted by molar-refractivity contribution is -0.258. The van der Waals surface area contributed by atoms with Crippen molar-refractivity contribution in [1.29, 1.82) is 0 Å². The molecular formula is C52H63N3O11. The summed E-state index contributed by atoms with van der Waals surface area (Å²) < 4.78 is 38.1. The molecule has 352 valence electrons. The van der Waals surface area contributed by atoms with E-state index in [2.05, 4.69) is 18.0 Å². The van der Waals surface area contributed by atoms with Crippen LogP contribution in [0.25, 0.3) is 0 Å². The number of nitrogens with zero attached hydrogens (tertiary/aromatic N) is 2. The lowest BCUT2D eigenvalue weighted by atomic mass is 9.55. The van der Waals surface area contributed by atoms with Gasteiger partial charge in [-0.25, -0.2) is 4.79 Å². The van der Waals surface area contributed by atoms with Crippen LogP contribution in [0.1, 0.15) is 99.7 Å². The summed E-state index contributed by atoms with van der Waals surface area (Å²) in [4.78, 5) is 36.6. The van der Waals surface area contributed by atoms with Crippen LogP contribution in [0, 0.1) is 23.7 Å². The molecular weight excluding hydrogens is 843 g/mol. The molecule has 3 fully saturated rings. The van der Waals surface area contributed by atoms with Crippen LogP contribution in [-0.4, -0.2) is 84.2 Å². The number of amides is 2. The molecule has 14 heteroatoms. The smallest absolute Gasteiger partial charge is 0.412 e. The molecule has 7 atom stereocenters. The number of rotatable bonds is 20. The molecule has 3 aromatic rings. The third kappa shape index (κ3) is 9.97. The van der Waals surface area contributed by atoms with E-state index < -0.39 is 30.1 Å². The first kappa shape index (κ1) is 45.7. The van der Waals surface area contributed by atoms with Crippen LogP contribution in [-0.2, 0) is 32.2 Å². The zero-order valence-corrected chi connectivity index (χ0v) is 37.7. The summed E-state index contributed by atoms with van der Waals surface area (Å²) in [6.45, 7) is 5.63. The lowest BCUT2D eigenvalue weighted by Gasteiger charge is -2.60. The SMILES string of the molecule is C=CCOC12Oc3ccc(OC(=O)NCc4ccccc4)cc3C3C(CCCCO)C(CCCCO)C=C(C(=NOC4CCCCO4)CC1N(Cc1ccc4c(c1)OCO4)C(=O)C1CC1)C32. The van der Waals surface area contributed by atoms with Crippen molar-refractivity contribution in [2.45, 2.75) is 114 Å². The first-order valence-electron chi connectivity index (χ1n) is 23.9. The van der Waals surface area contributed by atoms with Gasteiger partial charge in [-0.15, -0.1) is 6.58 Å². The van der Waals surface area contributed by atoms with Gasteiger partial charge in [0.2, 0.25) is 24.8 Å². The maximum atomic E-state index is 15.0. The van der Waals surface area contributed by atoms with Gasteiger partial charge in [0.1, 0.15) is 17.5 Å². The van der Waals surface area contributed by atoms with Crippen molar-refractivity contribution >= 4 is 17.7 Å². The topological polar surface area (TPSA) is 167 Å². The van der Waals surface area contributed by atoms with E-state index in [0.717, 1.165) is 73.6 Å². The molecule has 9 rings (SSSR count). The van der Waals surface area contributed by atoms with Gasteiger partial charge in [0.25, 0.3) is 0 Å². The molecule has 3 aliphatic heterocycles. The van der Waals surface area contributed by atoms with E-state index >= 15 is 4.79 Å². The first-order valence-corrected chi connectivity index (χ1v) is 23.9. The molecule has 7 unspecified atom stereocenters. The van der Waals surface area contributed by atoms with Gasteiger partial charge in [-0.05, 0) is 110 Å². The number of aliphatic hydroxyl groups excluding tert-OH is 2. The highest BCUT2D eigenvalue weighted by Crippen LogP contribution is 2.62. The summed E-state index contributed by atoms with van der Waals surface area (Å²) in [7, 11) is 0. The van der Waals surface area contributed by atoms with Crippen LogP contribution in [0.15, 0.2) is 96.2 Å². The Labute approximate surface area is 386 Å². The van der Waals surface area contributed by atoms with Crippen molar-refractivity contribution in [2.24, 2.45) is 28.8 Å². The van der Waals surface area contributed by atoms with E-state index in [4.69, 9.17) is 38.4 Å². The summed E-state index contributed by atoms with van der Waals surface area (Å²) >= 11 is 0. The second-order valence-corrected chi connectivity index (χ2v) is 18.3. The van der Waals surface area contributed by atoms with Gasteiger partial charge >= 0.3 is 6.09 Å². The number of hydrogen-bond donors (Lipinski definition) is 3. The molecule has 0 spiro atoms. The standard InChI is InChI=1S/C52H63N3O11/c1-2-25-63-52-46(55(50(58)36-18-19-36)32-35-17-21-44-45(27-35)62-33-61-44)30-42(54-66-47-16-8-11-26-60-47)40-28-37(14-6-9-23-56)39(15-7-10-24-57)48(49(40)52)41-29-38(20-22-43(41)65-52)64-51(59)53-31-34-12-4-3-5-13-34/h2-5,12-13,17,20-22,27-29,36-37,39,46-49,56-57H,1,6-11,14-16,18-19,23-26,30-33H2,(H,53,59). The number of carbonyl (C=O) groups is 2. The number of aliphatic hydroxyl groups is 2. The van der Waals surface area contributed by atoms with Crippen LogP contribution >= 0.6 is 0 Å². The molecule has 3 heterocycles. The normalized spacial score (nSPS) is 26.6. The molecule has 0 radical (unpaired) electrons. The van der Waals surface area contributed by atoms with Crippen LogP contribution in [0.4, 0.5) is 4.79 Å². The quantitative estimate of drug-likeness (QED) is 0.0567. The van der Waals surface area contributed by atoms with Crippen molar-refractivity contribution in [3.05, 3.63) is 108 Å². The third-order valence-electron chi connectivity index (χ3n) is 13.9. The Morgan fingerprint density at radius 2 is 1.71 bits per heavy atom. The number of benzene rings is 3. The van der Waals surface area contributed by atoms with Crippen molar-refractivity contribution in [2.75, 3.05) is 33.2 Å². The summed E-state index contributed by atoms with van der Waals surface area (Å²) in [5, 5.41) is 27.9. The number of nitrogens with one attached hydrogen (secondary N) is 1. The molecule has 3 aromatic carbocycles. The molecule has 66 heavy (non-hydrogen) atoms. The minimum absolute atomic E-state index is 0.00968. The summed E-state index contributed by atoms with van der Waals surface area (Å²) in [6.07, 6.45) is 11.8. The van der Waals surface area contributed by atoms with Gasteiger partial charge in [0, 0.05) is 56.5 Å². The van der Waals surface area contributed by atoms with Crippen LogP contribution < -0.4 is 24.3 Å². The minimum atomic E-state index is -1.44. The number of fused-ring (bicyclic) bond motifs is 3. The summed E-state index contributed by atoms with van der Waals surface area (Å²) in [6, 6.07) is 20.2. The fourth-order valence-electron chi connectivity index (χ4n) is 10.7. The Morgan fingerprint density at radius 3 is 2.48 bits per heavy atom. The molecule has 3 N–H and O–H groups in total. The van der Waals surface area contributed by atoms with E-state index in [1.165, 1.54) is 0 Å². The van der Waals surface area contributed by atoms with E-state index in [0.29, 0.717) is 61.1 Å². The number of ether oxygens (including phenoxy) is 6. The molecule has 1 saturated heterocycles. The van der Waals surface area contributed by atoms with Crippen LogP contribution in [0.5, 0.6) is 23.0 Å². The average molecular weight is 906 g/mol. The van der Waals surface area contributed by atoms with Crippen molar-refractivity contribution < 1.29 is 53.1 Å². The Bertz CT molecular complexity index is 2240. The van der Waals surface area contributed by atoms with Crippen LogP contribution in [0.3, 0.4) is 0 Å². The highest BCUT2D eigenvalue weighted by atomic mass is 16.8. The van der Waals surface area contributed by atoms with Crippen molar-refractivity contribution in [3.8, 4) is 23.0 Å². The number of carbonyl (C=O) groups excluding carboxylic acids is 2. The number of allylic oxidation sites excluding steroid dienone is 1. The van der Waals surface area contributed by atoms with Crippen molar-refractivity contribution in [1.82, 2.24) is 10.2 Å². The Balaban J connectivity index is 1.19. The van der Waals surface area contributed by atoms with Crippen LogP contribution in [0.2, 0.25) is 0 Å². The number of oxime groups is 1. The maximum absolute atomic E-state index is 15.0. The minimum Gasteiger partial charge on any atom is -0.459 e. The van der Waals surface area contributed by atoms with Gasteiger partial charge in [-0.1, -0.05) is 66.5 Å². The summed E-state index contributed by atoms with van der Waals surface area (Å²) in [5.41, 5.74) is 4.28. The second kappa shape index (κ2) is 21.0. The van der Waals surface area contributed by atoms with Gasteiger partial charge in [-0.3, -0.25) is 4.79 Å². The zero-order valence-electron chi connectivity index (χ0n) is 37.7.